The number of aryl methyl sites for hydroxylation is 1. The maximum Gasteiger partial charge on any atom is 0.338 e. The largest absolute Gasteiger partial charge is 0.496 e. The number of nitrogens with one attached hydrogen (secondary N) is 1. The Bertz CT molecular complexity index is 999. The number of rotatable bonds is 7. The summed E-state index contributed by atoms with van der Waals surface area (Å²) in [5.41, 5.74) is 4.09. The first kappa shape index (κ1) is 20.1. The van der Waals surface area contributed by atoms with Gasteiger partial charge in [-0.25, -0.2) is 4.79 Å². The van der Waals surface area contributed by atoms with Gasteiger partial charge in [-0.05, 0) is 48.2 Å². The van der Waals surface area contributed by atoms with Gasteiger partial charge in [-0.15, -0.1) is 0 Å². The molecule has 0 fully saturated rings. The highest BCUT2D eigenvalue weighted by Gasteiger charge is 2.13. The minimum absolute atomic E-state index is 0.338. The molecule has 0 atom stereocenters. The third-order valence-electron chi connectivity index (χ3n) is 4.51. The molecule has 29 heavy (non-hydrogen) atoms. The topological polar surface area (TPSA) is 64.6 Å². The fourth-order valence-electron chi connectivity index (χ4n) is 2.96. The number of anilines is 1. The Balaban J connectivity index is 1.61. The highest BCUT2D eigenvalue weighted by Crippen LogP contribution is 2.20. The molecule has 5 heteroatoms. The lowest BCUT2D eigenvalue weighted by Crippen LogP contribution is -2.21. The molecule has 5 nitrogen and oxygen atoms in total. The average molecular weight is 389 g/mol. The van der Waals surface area contributed by atoms with Gasteiger partial charge >= 0.3 is 5.97 Å². The van der Waals surface area contributed by atoms with E-state index in [0.717, 1.165) is 16.7 Å². The molecule has 0 heterocycles. The maximum absolute atomic E-state index is 12.3. The number of ether oxygens (including phenoxy) is 2. The van der Waals surface area contributed by atoms with Crippen LogP contribution in [-0.4, -0.2) is 25.6 Å². The lowest BCUT2D eigenvalue weighted by Gasteiger charge is -2.12. The third kappa shape index (κ3) is 5.45. The number of benzene rings is 3. The molecule has 0 aliphatic carbocycles. The van der Waals surface area contributed by atoms with Crippen molar-refractivity contribution in [2.24, 2.45) is 0 Å². The van der Waals surface area contributed by atoms with E-state index in [9.17, 15) is 9.59 Å². The molecular formula is C24H23NO4. The van der Waals surface area contributed by atoms with E-state index in [2.05, 4.69) is 5.32 Å². The quantitative estimate of drug-likeness (QED) is 0.609. The van der Waals surface area contributed by atoms with Gasteiger partial charge in [0.05, 0.1) is 12.7 Å². The summed E-state index contributed by atoms with van der Waals surface area (Å²) in [4.78, 5) is 24.5. The second-order valence-corrected chi connectivity index (χ2v) is 6.63. The Labute approximate surface area is 170 Å². The van der Waals surface area contributed by atoms with Crippen LogP contribution in [0.4, 0.5) is 5.69 Å². The van der Waals surface area contributed by atoms with Gasteiger partial charge < -0.3 is 14.8 Å². The first-order valence-corrected chi connectivity index (χ1v) is 9.30. The Morgan fingerprint density at radius 1 is 0.931 bits per heavy atom. The van der Waals surface area contributed by atoms with Gasteiger partial charge in [-0.1, -0.05) is 54.6 Å². The Kier molecular flexibility index (Phi) is 6.63. The third-order valence-corrected chi connectivity index (χ3v) is 4.51. The molecule has 1 amide bonds. The maximum atomic E-state index is 12.3. The summed E-state index contributed by atoms with van der Waals surface area (Å²) >= 11 is 0. The van der Waals surface area contributed by atoms with Crippen molar-refractivity contribution >= 4 is 17.6 Å². The Morgan fingerprint density at radius 2 is 1.66 bits per heavy atom. The summed E-state index contributed by atoms with van der Waals surface area (Å²) in [7, 11) is 1.54. The molecule has 0 aromatic heterocycles. The van der Waals surface area contributed by atoms with E-state index >= 15 is 0 Å². The van der Waals surface area contributed by atoms with Crippen molar-refractivity contribution in [3.05, 3.63) is 95.1 Å². The number of hydrogen-bond acceptors (Lipinski definition) is 4. The molecule has 0 spiro atoms. The zero-order valence-electron chi connectivity index (χ0n) is 16.5. The molecule has 3 rings (SSSR count). The van der Waals surface area contributed by atoms with Crippen molar-refractivity contribution in [3.8, 4) is 5.75 Å². The number of amides is 1. The van der Waals surface area contributed by atoms with Gasteiger partial charge in [-0.2, -0.15) is 0 Å². The summed E-state index contributed by atoms with van der Waals surface area (Å²) in [6.45, 7) is 1.52. The smallest absolute Gasteiger partial charge is 0.338 e. The molecular weight excluding hydrogens is 366 g/mol. The first-order valence-electron chi connectivity index (χ1n) is 9.30. The molecule has 0 aliphatic rings. The molecule has 1 N–H and O–H groups in total. The van der Waals surface area contributed by atoms with E-state index in [1.165, 1.54) is 7.11 Å². The van der Waals surface area contributed by atoms with E-state index in [0.29, 0.717) is 23.4 Å². The Morgan fingerprint density at radius 3 is 2.41 bits per heavy atom. The average Bonchev–Trinajstić information content (AvgIpc) is 2.74. The fourth-order valence-corrected chi connectivity index (χ4v) is 2.96. The van der Waals surface area contributed by atoms with Gasteiger partial charge in [0.1, 0.15) is 5.75 Å². The molecule has 3 aromatic rings. The van der Waals surface area contributed by atoms with Crippen molar-refractivity contribution < 1.29 is 19.1 Å². The summed E-state index contributed by atoms with van der Waals surface area (Å²) in [5, 5.41) is 2.83. The van der Waals surface area contributed by atoms with Gasteiger partial charge in [0.2, 0.25) is 0 Å². The number of carbonyl (C=O) groups is 2. The number of para-hydroxylation sites is 1. The standard InChI is InChI=1S/C24H23NO4/c1-17-12-13-20(15-22(17)28-2)24(27)29-16-23(26)25-21-11-7-6-10-19(21)14-18-8-4-3-5-9-18/h3-13,15H,14,16H2,1-2H3,(H,25,26). The zero-order valence-corrected chi connectivity index (χ0v) is 16.5. The molecule has 0 saturated heterocycles. The summed E-state index contributed by atoms with van der Waals surface area (Å²) < 4.78 is 10.4. The van der Waals surface area contributed by atoms with E-state index in [4.69, 9.17) is 9.47 Å². The number of carbonyl (C=O) groups excluding carboxylic acids is 2. The molecule has 3 aromatic carbocycles. The second kappa shape index (κ2) is 9.55. The summed E-state index contributed by atoms with van der Waals surface area (Å²) in [6, 6.07) is 22.6. The van der Waals surface area contributed by atoms with E-state index in [-0.39, 0.29) is 6.61 Å². The molecule has 148 valence electrons. The van der Waals surface area contributed by atoms with Crippen LogP contribution >= 0.6 is 0 Å². The highest BCUT2D eigenvalue weighted by molar-refractivity contribution is 5.96. The predicted octanol–water partition coefficient (Wildman–Crippen LogP) is 4.39. The molecule has 0 bridgehead atoms. The zero-order chi connectivity index (χ0) is 20.6. The van der Waals surface area contributed by atoms with Crippen LogP contribution in [-0.2, 0) is 16.0 Å². The summed E-state index contributed by atoms with van der Waals surface area (Å²) in [6.07, 6.45) is 0.695. The molecule has 0 unspecified atom stereocenters. The predicted molar refractivity (Wildman–Crippen MR) is 112 cm³/mol. The molecule has 0 saturated carbocycles. The second-order valence-electron chi connectivity index (χ2n) is 6.63. The van der Waals surface area contributed by atoms with Crippen molar-refractivity contribution in [1.82, 2.24) is 0 Å². The van der Waals surface area contributed by atoms with Gasteiger partial charge in [-0.3, -0.25) is 4.79 Å². The van der Waals surface area contributed by atoms with Crippen LogP contribution in [0.25, 0.3) is 0 Å². The lowest BCUT2D eigenvalue weighted by molar-refractivity contribution is -0.119. The van der Waals surface area contributed by atoms with Crippen LogP contribution in [0.2, 0.25) is 0 Å². The SMILES string of the molecule is COc1cc(C(=O)OCC(=O)Nc2ccccc2Cc2ccccc2)ccc1C. The van der Waals surface area contributed by atoms with Gasteiger partial charge in [0.15, 0.2) is 6.61 Å². The monoisotopic (exact) mass is 389 g/mol. The normalized spacial score (nSPS) is 10.3. The molecule has 0 aliphatic heterocycles. The van der Waals surface area contributed by atoms with Crippen LogP contribution in [0, 0.1) is 6.92 Å². The number of hydrogen-bond donors (Lipinski definition) is 1. The van der Waals surface area contributed by atoms with Crippen molar-refractivity contribution in [2.75, 3.05) is 19.0 Å². The lowest BCUT2D eigenvalue weighted by atomic mass is 10.0. The summed E-state index contributed by atoms with van der Waals surface area (Å²) in [5.74, 6) is -0.368. The highest BCUT2D eigenvalue weighted by atomic mass is 16.5. The van der Waals surface area contributed by atoms with Crippen molar-refractivity contribution in [3.63, 3.8) is 0 Å². The van der Waals surface area contributed by atoms with Crippen LogP contribution in [0.5, 0.6) is 5.75 Å². The number of esters is 1. The first-order chi connectivity index (χ1) is 14.1. The van der Waals surface area contributed by atoms with Crippen LogP contribution < -0.4 is 10.1 Å². The minimum Gasteiger partial charge on any atom is -0.496 e. The van der Waals surface area contributed by atoms with E-state index < -0.39 is 11.9 Å². The Hall–Kier alpha value is -3.60. The van der Waals surface area contributed by atoms with Crippen LogP contribution in [0.3, 0.4) is 0 Å². The van der Waals surface area contributed by atoms with Crippen LogP contribution in [0.1, 0.15) is 27.0 Å². The minimum atomic E-state index is -0.573. The van der Waals surface area contributed by atoms with Crippen LogP contribution in [0.15, 0.2) is 72.8 Å². The van der Waals surface area contributed by atoms with Gasteiger partial charge in [0.25, 0.3) is 5.91 Å². The molecule has 0 radical (unpaired) electrons. The van der Waals surface area contributed by atoms with Crippen molar-refractivity contribution in [1.29, 1.82) is 0 Å². The van der Waals surface area contributed by atoms with E-state index in [1.807, 2.05) is 61.5 Å². The fraction of sp³-hybridized carbons (Fsp3) is 0.167. The van der Waals surface area contributed by atoms with E-state index in [1.54, 1.807) is 18.2 Å². The van der Waals surface area contributed by atoms with Gasteiger partial charge in [0, 0.05) is 5.69 Å². The number of methoxy groups -OCH3 is 1. The van der Waals surface area contributed by atoms with Crippen molar-refractivity contribution in [2.45, 2.75) is 13.3 Å².